The van der Waals surface area contributed by atoms with Gasteiger partial charge in [0.25, 0.3) is 0 Å². The van der Waals surface area contributed by atoms with Gasteiger partial charge in [-0.15, -0.1) is 0 Å². The van der Waals surface area contributed by atoms with E-state index >= 15 is 0 Å². The fourth-order valence-corrected chi connectivity index (χ4v) is 1.39. The second kappa shape index (κ2) is 5.87. The third-order valence-electron chi connectivity index (χ3n) is 2.35. The van der Waals surface area contributed by atoms with Crippen molar-refractivity contribution in [1.29, 1.82) is 0 Å². The maximum Gasteiger partial charge on any atom is 0.192 e. The molecule has 0 saturated carbocycles. The average Bonchev–Trinajstić information content (AvgIpc) is 2.34. The Morgan fingerprint density at radius 3 is 2.33 bits per heavy atom. The molecule has 0 aromatic heterocycles. The molecular weight excluding hydrogens is 232 g/mol. The molecule has 0 unspecified atom stereocenters. The number of benzene rings is 1. The number of carbonyl (C=O) groups excluding carboxylic acids is 1. The summed E-state index contributed by atoms with van der Waals surface area (Å²) >= 11 is 0. The van der Waals surface area contributed by atoms with Crippen molar-refractivity contribution in [3.8, 4) is 11.5 Å². The lowest BCUT2D eigenvalue weighted by molar-refractivity contribution is 0.00296. The first-order valence-corrected chi connectivity index (χ1v) is 5.76. The van der Waals surface area contributed by atoms with Crippen molar-refractivity contribution >= 4 is 5.78 Å². The van der Waals surface area contributed by atoms with Crippen molar-refractivity contribution in [1.82, 2.24) is 0 Å². The van der Waals surface area contributed by atoms with E-state index in [2.05, 4.69) is 0 Å². The second-order valence-electron chi connectivity index (χ2n) is 4.89. The fourth-order valence-electron chi connectivity index (χ4n) is 1.39. The van der Waals surface area contributed by atoms with Crippen LogP contribution in [0.4, 0.5) is 0 Å². The molecule has 1 rings (SSSR count). The molecular formula is C14H20O4. The van der Waals surface area contributed by atoms with Crippen molar-refractivity contribution in [2.24, 2.45) is 0 Å². The molecule has 0 radical (unpaired) electrons. The van der Waals surface area contributed by atoms with E-state index in [1.54, 1.807) is 25.3 Å². The zero-order valence-electron chi connectivity index (χ0n) is 11.6. The summed E-state index contributed by atoms with van der Waals surface area (Å²) in [6.07, 6.45) is 0. The second-order valence-corrected chi connectivity index (χ2v) is 4.89. The van der Waals surface area contributed by atoms with Crippen LogP contribution in [0.25, 0.3) is 0 Å². The monoisotopic (exact) mass is 252 g/mol. The Kier molecular flexibility index (Phi) is 4.73. The average molecular weight is 252 g/mol. The molecule has 0 aliphatic carbocycles. The van der Waals surface area contributed by atoms with Crippen molar-refractivity contribution in [3.63, 3.8) is 0 Å². The van der Waals surface area contributed by atoms with Crippen molar-refractivity contribution in [3.05, 3.63) is 23.8 Å². The number of methoxy groups -OCH3 is 2. The highest BCUT2D eigenvalue weighted by atomic mass is 16.5. The van der Waals surface area contributed by atoms with E-state index in [4.69, 9.17) is 14.2 Å². The van der Waals surface area contributed by atoms with Crippen molar-refractivity contribution in [2.75, 3.05) is 20.8 Å². The molecule has 0 spiro atoms. The molecule has 4 heteroatoms. The SMILES string of the molecule is COc1ccc(C(=O)COC(C)(C)C)c(OC)c1. The molecule has 0 amide bonds. The van der Waals surface area contributed by atoms with Gasteiger partial charge in [-0.2, -0.15) is 0 Å². The van der Waals surface area contributed by atoms with Gasteiger partial charge >= 0.3 is 0 Å². The number of ether oxygens (including phenoxy) is 3. The number of hydrogen-bond donors (Lipinski definition) is 0. The van der Waals surface area contributed by atoms with Crippen LogP contribution in [0.5, 0.6) is 11.5 Å². The predicted octanol–water partition coefficient (Wildman–Crippen LogP) is 2.70. The quantitative estimate of drug-likeness (QED) is 0.756. The standard InChI is InChI=1S/C14H20O4/c1-14(2,3)18-9-12(15)11-7-6-10(16-4)8-13(11)17-5/h6-8H,9H2,1-5H3. The Bertz CT molecular complexity index is 418. The molecule has 0 N–H and O–H groups in total. The van der Waals surface area contributed by atoms with E-state index in [-0.39, 0.29) is 18.0 Å². The maximum atomic E-state index is 12.0. The summed E-state index contributed by atoms with van der Waals surface area (Å²) in [6, 6.07) is 5.10. The van der Waals surface area contributed by atoms with E-state index in [9.17, 15) is 4.79 Å². The van der Waals surface area contributed by atoms with E-state index in [1.165, 1.54) is 7.11 Å². The highest BCUT2D eigenvalue weighted by Gasteiger charge is 2.17. The molecule has 1 aromatic carbocycles. The van der Waals surface area contributed by atoms with Crippen LogP contribution in [-0.4, -0.2) is 32.2 Å². The summed E-state index contributed by atoms with van der Waals surface area (Å²) in [6.45, 7) is 5.76. The molecule has 4 nitrogen and oxygen atoms in total. The molecule has 1 aromatic rings. The lowest BCUT2D eigenvalue weighted by Gasteiger charge is -2.19. The Hall–Kier alpha value is -1.55. The van der Waals surface area contributed by atoms with Gasteiger partial charge in [-0.3, -0.25) is 4.79 Å². The number of carbonyl (C=O) groups is 1. The normalized spacial score (nSPS) is 11.2. The first-order valence-electron chi connectivity index (χ1n) is 5.76. The van der Waals surface area contributed by atoms with Crippen LogP contribution >= 0.6 is 0 Å². The summed E-state index contributed by atoms with van der Waals surface area (Å²) in [5, 5.41) is 0. The minimum atomic E-state index is -0.338. The molecule has 0 fully saturated rings. The Morgan fingerprint density at radius 2 is 1.83 bits per heavy atom. The fraction of sp³-hybridized carbons (Fsp3) is 0.500. The van der Waals surface area contributed by atoms with Crippen molar-refractivity contribution < 1.29 is 19.0 Å². The first-order chi connectivity index (χ1) is 8.37. The lowest BCUT2D eigenvalue weighted by atomic mass is 10.1. The van der Waals surface area contributed by atoms with Gasteiger partial charge in [-0.1, -0.05) is 0 Å². The maximum absolute atomic E-state index is 12.0. The number of Topliss-reactive ketones (excluding diaryl/α,β-unsaturated/α-hetero) is 1. The molecule has 0 bridgehead atoms. The summed E-state index contributed by atoms with van der Waals surface area (Å²) < 4.78 is 15.7. The third kappa shape index (κ3) is 4.04. The number of rotatable bonds is 5. The van der Waals surface area contributed by atoms with Gasteiger partial charge in [0, 0.05) is 6.07 Å². The van der Waals surface area contributed by atoms with Crippen LogP contribution in [0, 0.1) is 0 Å². The predicted molar refractivity (Wildman–Crippen MR) is 69.6 cm³/mol. The van der Waals surface area contributed by atoms with Gasteiger partial charge in [0.1, 0.15) is 18.1 Å². The smallest absolute Gasteiger partial charge is 0.192 e. The zero-order chi connectivity index (χ0) is 13.8. The minimum absolute atomic E-state index is 0.0339. The largest absolute Gasteiger partial charge is 0.497 e. The third-order valence-corrected chi connectivity index (χ3v) is 2.35. The topological polar surface area (TPSA) is 44.8 Å². The Morgan fingerprint density at radius 1 is 1.17 bits per heavy atom. The van der Waals surface area contributed by atoms with Crippen LogP contribution in [0.15, 0.2) is 18.2 Å². The van der Waals surface area contributed by atoms with Crippen LogP contribution in [0.1, 0.15) is 31.1 Å². The lowest BCUT2D eigenvalue weighted by Crippen LogP contribution is -2.23. The van der Waals surface area contributed by atoms with Gasteiger partial charge in [0.2, 0.25) is 0 Å². The number of hydrogen-bond acceptors (Lipinski definition) is 4. The van der Waals surface area contributed by atoms with E-state index < -0.39 is 0 Å². The Labute approximate surface area is 108 Å². The summed E-state index contributed by atoms with van der Waals surface area (Å²) in [5.74, 6) is 1.04. The van der Waals surface area contributed by atoms with E-state index in [0.717, 1.165) is 0 Å². The highest BCUT2D eigenvalue weighted by Crippen LogP contribution is 2.25. The molecule has 0 saturated heterocycles. The number of ketones is 1. The van der Waals surface area contributed by atoms with Gasteiger partial charge in [-0.25, -0.2) is 0 Å². The highest BCUT2D eigenvalue weighted by molar-refractivity contribution is 5.99. The van der Waals surface area contributed by atoms with E-state index in [0.29, 0.717) is 17.1 Å². The molecule has 0 atom stereocenters. The van der Waals surface area contributed by atoms with Crippen LogP contribution in [0.2, 0.25) is 0 Å². The minimum Gasteiger partial charge on any atom is -0.497 e. The molecule has 0 aliphatic heterocycles. The van der Waals surface area contributed by atoms with Crippen LogP contribution in [-0.2, 0) is 4.74 Å². The van der Waals surface area contributed by atoms with Gasteiger partial charge in [0.05, 0.1) is 25.4 Å². The first kappa shape index (κ1) is 14.5. The summed E-state index contributed by atoms with van der Waals surface area (Å²) in [5.41, 5.74) is 0.164. The summed E-state index contributed by atoms with van der Waals surface area (Å²) in [4.78, 5) is 12.0. The molecule has 18 heavy (non-hydrogen) atoms. The molecule has 100 valence electrons. The van der Waals surface area contributed by atoms with Crippen molar-refractivity contribution in [2.45, 2.75) is 26.4 Å². The Balaban J connectivity index is 2.85. The van der Waals surface area contributed by atoms with Gasteiger partial charge < -0.3 is 14.2 Å². The molecule has 0 heterocycles. The van der Waals surface area contributed by atoms with Crippen LogP contribution < -0.4 is 9.47 Å². The van der Waals surface area contributed by atoms with Gasteiger partial charge in [-0.05, 0) is 32.9 Å². The summed E-state index contributed by atoms with van der Waals surface area (Å²) in [7, 11) is 3.09. The van der Waals surface area contributed by atoms with Gasteiger partial charge in [0.15, 0.2) is 5.78 Å². The zero-order valence-corrected chi connectivity index (χ0v) is 11.6. The van der Waals surface area contributed by atoms with Crippen LogP contribution in [0.3, 0.4) is 0 Å². The molecule has 0 aliphatic rings. The van der Waals surface area contributed by atoms with E-state index in [1.807, 2.05) is 20.8 Å².